The van der Waals surface area contributed by atoms with Crippen molar-refractivity contribution in [2.75, 3.05) is 7.11 Å². The van der Waals surface area contributed by atoms with Gasteiger partial charge in [0.2, 0.25) is 0 Å². The molecular weight excluding hydrogens is 278 g/mol. The number of aromatic nitrogens is 2. The highest BCUT2D eigenvalue weighted by atomic mass is 32.2. The zero-order valence-corrected chi connectivity index (χ0v) is 12.2. The van der Waals surface area contributed by atoms with Crippen LogP contribution < -0.4 is 10.5 Å². The van der Waals surface area contributed by atoms with Crippen LogP contribution >= 0.6 is 23.1 Å². The van der Waals surface area contributed by atoms with Crippen molar-refractivity contribution in [3.63, 3.8) is 0 Å². The van der Waals surface area contributed by atoms with Gasteiger partial charge in [-0.05, 0) is 36.1 Å². The quantitative estimate of drug-likeness (QED) is 0.942. The Kier molecular flexibility index (Phi) is 3.72. The number of rotatable bonds is 3. The number of thioether (sulfide) groups is 1. The minimum atomic E-state index is 0.0211. The lowest BCUT2D eigenvalue weighted by Gasteiger charge is -2.30. The molecule has 0 amide bonds. The molecular formula is C13H15N3OS2. The van der Waals surface area contributed by atoms with Gasteiger partial charge in [-0.3, -0.25) is 0 Å². The molecule has 2 atom stereocenters. The van der Waals surface area contributed by atoms with Crippen molar-refractivity contribution < 1.29 is 4.74 Å². The second-order valence-electron chi connectivity index (χ2n) is 4.49. The van der Waals surface area contributed by atoms with E-state index in [1.165, 1.54) is 11.1 Å². The Morgan fingerprint density at radius 2 is 2.37 bits per heavy atom. The Hall–Kier alpha value is -1.11. The molecule has 0 spiro atoms. The van der Waals surface area contributed by atoms with Gasteiger partial charge in [0.05, 0.1) is 7.11 Å². The summed E-state index contributed by atoms with van der Waals surface area (Å²) in [5.41, 5.74) is 10.7. The summed E-state index contributed by atoms with van der Waals surface area (Å²) in [6.45, 7) is 0. The number of methoxy groups -OCH3 is 1. The van der Waals surface area contributed by atoms with Gasteiger partial charge in [-0.15, -0.1) is 10.2 Å². The summed E-state index contributed by atoms with van der Waals surface area (Å²) >= 11 is 3.30. The molecule has 2 aromatic rings. The van der Waals surface area contributed by atoms with E-state index >= 15 is 0 Å². The molecule has 2 unspecified atom stereocenters. The van der Waals surface area contributed by atoms with Crippen LogP contribution in [0.5, 0.6) is 5.75 Å². The Morgan fingerprint density at radius 3 is 3.11 bits per heavy atom. The number of nitrogens with zero attached hydrogens (tertiary/aromatic N) is 2. The number of aryl methyl sites for hydroxylation is 1. The van der Waals surface area contributed by atoms with Crippen LogP contribution in [-0.4, -0.2) is 22.6 Å². The molecule has 0 radical (unpaired) electrons. The zero-order chi connectivity index (χ0) is 13.2. The molecule has 19 heavy (non-hydrogen) atoms. The van der Waals surface area contributed by atoms with E-state index in [0.29, 0.717) is 5.25 Å². The fourth-order valence-electron chi connectivity index (χ4n) is 2.39. The highest BCUT2D eigenvalue weighted by molar-refractivity contribution is 8.01. The first-order valence-electron chi connectivity index (χ1n) is 6.13. The summed E-state index contributed by atoms with van der Waals surface area (Å²) < 4.78 is 6.28. The van der Waals surface area contributed by atoms with Gasteiger partial charge in [0.15, 0.2) is 4.34 Å². The summed E-state index contributed by atoms with van der Waals surface area (Å²) in [5, 5.41) is 8.31. The Morgan fingerprint density at radius 1 is 1.47 bits per heavy atom. The fourth-order valence-corrected chi connectivity index (χ4v) is 4.27. The van der Waals surface area contributed by atoms with Crippen LogP contribution in [0.1, 0.15) is 23.6 Å². The fraction of sp³-hybridized carbons (Fsp3) is 0.385. The van der Waals surface area contributed by atoms with Crippen molar-refractivity contribution in [2.45, 2.75) is 28.5 Å². The molecule has 0 saturated carbocycles. The average molecular weight is 293 g/mol. The first-order valence-corrected chi connectivity index (χ1v) is 7.89. The minimum absolute atomic E-state index is 0.0211. The number of hydrogen-bond acceptors (Lipinski definition) is 6. The molecule has 0 aliphatic heterocycles. The topological polar surface area (TPSA) is 61.0 Å². The van der Waals surface area contributed by atoms with Crippen LogP contribution in [0.2, 0.25) is 0 Å². The predicted octanol–water partition coefficient (Wildman–Crippen LogP) is 2.65. The van der Waals surface area contributed by atoms with Crippen LogP contribution in [0.25, 0.3) is 0 Å². The predicted molar refractivity (Wildman–Crippen MR) is 77.8 cm³/mol. The number of benzene rings is 1. The summed E-state index contributed by atoms with van der Waals surface area (Å²) in [7, 11) is 1.68. The summed E-state index contributed by atoms with van der Waals surface area (Å²) in [5.74, 6) is 0.871. The van der Waals surface area contributed by atoms with E-state index in [1.807, 2.05) is 6.07 Å². The summed E-state index contributed by atoms with van der Waals surface area (Å²) in [6, 6.07) is 6.21. The monoisotopic (exact) mass is 293 g/mol. The van der Waals surface area contributed by atoms with Gasteiger partial charge in [-0.1, -0.05) is 29.2 Å². The third kappa shape index (κ3) is 2.61. The first-order chi connectivity index (χ1) is 9.28. The number of ether oxygens (including phenoxy) is 1. The lowest BCUT2D eigenvalue weighted by Crippen LogP contribution is -2.29. The molecule has 2 N–H and O–H groups in total. The Bertz CT molecular complexity index is 559. The Labute approximate surface area is 120 Å². The lowest BCUT2D eigenvalue weighted by molar-refractivity contribution is 0.412. The summed E-state index contributed by atoms with van der Waals surface area (Å²) in [4.78, 5) is 0. The normalized spacial score (nSPS) is 22.0. The van der Waals surface area contributed by atoms with Gasteiger partial charge in [-0.2, -0.15) is 0 Å². The number of nitrogens with two attached hydrogens (primary N) is 1. The van der Waals surface area contributed by atoms with Crippen molar-refractivity contribution >= 4 is 23.1 Å². The van der Waals surface area contributed by atoms with Gasteiger partial charge >= 0.3 is 0 Å². The van der Waals surface area contributed by atoms with E-state index in [9.17, 15) is 0 Å². The van der Waals surface area contributed by atoms with E-state index < -0.39 is 0 Å². The van der Waals surface area contributed by atoms with Crippen LogP contribution in [0.4, 0.5) is 0 Å². The van der Waals surface area contributed by atoms with E-state index in [0.717, 1.165) is 22.9 Å². The molecule has 1 heterocycles. The highest BCUT2D eigenvalue weighted by Crippen LogP contribution is 2.40. The molecule has 1 aromatic carbocycles. The Balaban J connectivity index is 1.84. The van der Waals surface area contributed by atoms with Crippen LogP contribution in [-0.2, 0) is 6.42 Å². The maximum Gasteiger partial charge on any atom is 0.174 e. The molecule has 1 aliphatic rings. The zero-order valence-electron chi connectivity index (χ0n) is 10.6. The third-order valence-corrected chi connectivity index (χ3v) is 5.58. The standard InChI is InChI=1S/C13H15N3OS2/c1-17-9-4-2-8-3-5-11(12(14)10(8)6-9)19-13-16-15-7-18-13/h2,4,6-7,11-12H,3,5,14H2,1H3. The van der Waals surface area contributed by atoms with Crippen molar-refractivity contribution in [3.05, 3.63) is 34.8 Å². The molecule has 0 saturated heterocycles. The van der Waals surface area contributed by atoms with E-state index in [2.05, 4.69) is 22.3 Å². The second kappa shape index (κ2) is 5.48. The van der Waals surface area contributed by atoms with Gasteiger partial charge in [0.25, 0.3) is 0 Å². The SMILES string of the molecule is COc1ccc2c(c1)C(N)C(Sc1nncs1)CC2. The number of hydrogen-bond donors (Lipinski definition) is 1. The second-order valence-corrected chi connectivity index (χ2v) is 6.81. The minimum Gasteiger partial charge on any atom is -0.497 e. The molecule has 1 aliphatic carbocycles. The van der Waals surface area contributed by atoms with Crippen molar-refractivity contribution in [2.24, 2.45) is 5.73 Å². The van der Waals surface area contributed by atoms with Crippen molar-refractivity contribution in [1.82, 2.24) is 10.2 Å². The molecule has 1 aromatic heterocycles. The average Bonchev–Trinajstić information content (AvgIpc) is 2.95. The first kappa shape index (κ1) is 12.9. The van der Waals surface area contributed by atoms with E-state index in [4.69, 9.17) is 10.5 Å². The largest absolute Gasteiger partial charge is 0.497 e. The van der Waals surface area contributed by atoms with Gasteiger partial charge in [-0.25, -0.2) is 0 Å². The van der Waals surface area contributed by atoms with E-state index in [1.54, 1.807) is 35.7 Å². The summed E-state index contributed by atoms with van der Waals surface area (Å²) in [6.07, 6.45) is 2.13. The smallest absolute Gasteiger partial charge is 0.174 e. The third-order valence-electron chi connectivity index (χ3n) is 3.40. The van der Waals surface area contributed by atoms with Crippen LogP contribution in [0.15, 0.2) is 28.0 Å². The van der Waals surface area contributed by atoms with E-state index in [-0.39, 0.29) is 6.04 Å². The molecule has 0 fully saturated rings. The molecule has 4 nitrogen and oxygen atoms in total. The molecule has 6 heteroatoms. The number of fused-ring (bicyclic) bond motifs is 1. The van der Waals surface area contributed by atoms with Crippen LogP contribution in [0.3, 0.4) is 0 Å². The van der Waals surface area contributed by atoms with Crippen molar-refractivity contribution in [1.29, 1.82) is 0 Å². The molecule has 0 bridgehead atoms. The van der Waals surface area contributed by atoms with Crippen molar-refractivity contribution in [3.8, 4) is 5.75 Å². The van der Waals surface area contributed by atoms with Gasteiger partial charge in [0, 0.05) is 11.3 Å². The van der Waals surface area contributed by atoms with Gasteiger partial charge in [0.1, 0.15) is 11.3 Å². The maximum absolute atomic E-state index is 6.41. The molecule has 100 valence electrons. The highest BCUT2D eigenvalue weighted by Gasteiger charge is 2.28. The van der Waals surface area contributed by atoms with Crippen LogP contribution in [0, 0.1) is 0 Å². The van der Waals surface area contributed by atoms with Gasteiger partial charge < -0.3 is 10.5 Å². The maximum atomic E-state index is 6.41. The molecule has 3 rings (SSSR count). The lowest BCUT2D eigenvalue weighted by atomic mass is 9.87.